The third-order valence-corrected chi connectivity index (χ3v) is 6.81. The van der Waals surface area contributed by atoms with Gasteiger partial charge in [-0.25, -0.2) is 0 Å². The van der Waals surface area contributed by atoms with Gasteiger partial charge in [0.25, 0.3) is 10.1 Å². The maximum atomic E-state index is 11.0. The van der Waals surface area contributed by atoms with Crippen LogP contribution in [0.15, 0.2) is 0 Å². The molecule has 21 heavy (non-hydrogen) atoms. The van der Waals surface area contributed by atoms with E-state index in [0.29, 0.717) is 24.2 Å². The predicted octanol–water partition coefficient (Wildman–Crippen LogP) is 2.36. The average Bonchev–Trinajstić information content (AvgIpc) is 3.06. The second-order valence-corrected chi connectivity index (χ2v) is 8.94. The van der Waals surface area contributed by atoms with Gasteiger partial charge in [-0.05, 0) is 49.9 Å². The van der Waals surface area contributed by atoms with Crippen LogP contribution in [0.5, 0.6) is 0 Å². The minimum atomic E-state index is -3.85. The van der Waals surface area contributed by atoms with Gasteiger partial charge >= 0.3 is 0 Å². The average molecular weight is 316 g/mol. The van der Waals surface area contributed by atoms with Crippen LogP contribution in [-0.2, 0) is 19.6 Å². The molecule has 1 spiro atoms. The summed E-state index contributed by atoms with van der Waals surface area (Å²) in [6.07, 6.45) is 8.73. The van der Waals surface area contributed by atoms with Crippen molar-refractivity contribution >= 4 is 10.1 Å². The molecule has 2 bridgehead atoms. The molecule has 5 unspecified atom stereocenters. The molecule has 3 aliphatic carbocycles. The first-order valence-electron chi connectivity index (χ1n) is 8.27. The second-order valence-electron chi connectivity index (χ2n) is 7.37. The lowest BCUT2D eigenvalue weighted by Gasteiger charge is -2.33. The van der Waals surface area contributed by atoms with Crippen LogP contribution in [0.25, 0.3) is 0 Å². The Bertz CT molecular complexity index is 510. The molecule has 4 fully saturated rings. The normalized spacial score (nSPS) is 44.3. The predicted molar refractivity (Wildman–Crippen MR) is 76.3 cm³/mol. The summed E-state index contributed by atoms with van der Waals surface area (Å²) in [5.74, 6) is 0.850. The topological polar surface area (TPSA) is 72.8 Å². The van der Waals surface area contributed by atoms with Crippen molar-refractivity contribution in [1.29, 1.82) is 0 Å². The van der Waals surface area contributed by atoms with Crippen molar-refractivity contribution in [3.63, 3.8) is 0 Å². The first-order chi connectivity index (χ1) is 9.96. The number of rotatable bonds is 3. The highest BCUT2D eigenvalue weighted by atomic mass is 32.2. The van der Waals surface area contributed by atoms with Crippen LogP contribution in [0.2, 0.25) is 0 Å². The van der Waals surface area contributed by atoms with E-state index >= 15 is 0 Å². The molecule has 0 aromatic carbocycles. The molecule has 1 saturated heterocycles. The molecule has 1 N–H and O–H groups in total. The van der Waals surface area contributed by atoms with Crippen LogP contribution >= 0.6 is 0 Å². The first-order valence-corrected chi connectivity index (χ1v) is 9.88. The zero-order valence-electron chi connectivity index (χ0n) is 12.2. The highest BCUT2D eigenvalue weighted by molar-refractivity contribution is 7.85. The zero-order valence-corrected chi connectivity index (χ0v) is 13.1. The maximum absolute atomic E-state index is 11.0. The Labute approximate surface area is 126 Å². The van der Waals surface area contributed by atoms with Crippen LogP contribution in [0.1, 0.15) is 51.4 Å². The minimum absolute atomic E-state index is 0.121. The van der Waals surface area contributed by atoms with E-state index in [0.717, 1.165) is 25.7 Å². The molecule has 0 aromatic heterocycles. The van der Waals surface area contributed by atoms with E-state index in [-0.39, 0.29) is 23.7 Å². The molecule has 6 heteroatoms. The van der Waals surface area contributed by atoms with Crippen molar-refractivity contribution in [3.8, 4) is 0 Å². The fourth-order valence-electron chi connectivity index (χ4n) is 5.18. The molecule has 0 radical (unpaired) electrons. The summed E-state index contributed by atoms with van der Waals surface area (Å²) in [6, 6.07) is 0. The molecule has 0 amide bonds. The Morgan fingerprint density at radius 3 is 2.48 bits per heavy atom. The van der Waals surface area contributed by atoms with Crippen molar-refractivity contribution < 1.29 is 22.4 Å². The molecule has 4 aliphatic rings. The number of hydrogen-bond acceptors (Lipinski definition) is 4. The summed E-state index contributed by atoms with van der Waals surface area (Å²) < 4.78 is 43.6. The van der Waals surface area contributed by atoms with Gasteiger partial charge in [0, 0.05) is 12.8 Å². The molecular formula is C15H24O5S. The van der Waals surface area contributed by atoms with Crippen molar-refractivity contribution in [2.45, 2.75) is 69.4 Å². The Morgan fingerprint density at radius 2 is 1.76 bits per heavy atom. The zero-order chi connectivity index (χ0) is 14.7. The Balaban J connectivity index is 1.44. The van der Waals surface area contributed by atoms with Crippen LogP contribution in [-0.4, -0.2) is 36.7 Å². The van der Waals surface area contributed by atoms with Gasteiger partial charge in [0.05, 0.1) is 18.0 Å². The molecule has 120 valence electrons. The second kappa shape index (κ2) is 4.91. The van der Waals surface area contributed by atoms with Crippen molar-refractivity contribution in [2.24, 2.45) is 17.8 Å². The molecule has 5 nitrogen and oxygen atoms in total. The summed E-state index contributed by atoms with van der Waals surface area (Å²) in [4.78, 5) is 0. The van der Waals surface area contributed by atoms with Gasteiger partial charge in [0.15, 0.2) is 5.79 Å². The maximum Gasteiger partial charge on any atom is 0.264 e. The van der Waals surface area contributed by atoms with Gasteiger partial charge < -0.3 is 9.47 Å². The van der Waals surface area contributed by atoms with Crippen LogP contribution < -0.4 is 0 Å². The molecule has 3 saturated carbocycles. The Morgan fingerprint density at radius 1 is 1.05 bits per heavy atom. The fourth-order valence-corrected chi connectivity index (χ4v) is 5.78. The monoisotopic (exact) mass is 316 g/mol. The van der Waals surface area contributed by atoms with E-state index in [1.165, 1.54) is 19.3 Å². The standard InChI is InChI=1S/C15H24O5S/c16-21(17,18)7-4-10-8-11-9-12(10)14-13(11)19-15(20-14)5-2-1-3-6-15/h10-14H,1-9H2,(H,16,17,18). The first kappa shape index (κ1) is 14.4. The lowest BCUT2D eigenvalue weighted by Crippen LogP contribution is -2.35. The summed E-state index contributed by atoms with van der Waals surface area (Å²) in [5, 5.41) is 0. The SMILES string of the molecule is O=S(=O)(O)CCC1CC2CC1C1OC3(CCCCC3)OC21. The summed E-state index contributed by atoms with van der Waals surface area (Å²) in [5.41, 5.74) is 0. The highest BCUT2D eigenvalue weighted by Crippen LogP contribution is 2.58. The molecule has 1 aliphatic heterocycles. The third-order valence-electron chi connectivity index (χ3n) is 6.06. The number of hydrogen-bond donors (Lipinski definition) is 1. The van der Waals surface area contributed by atoms with E-state index in [4.69, 9.17) is 14.0 Å². The van der Waals surface area contributed by atoms with Crippen molar-refractivity contribution in [2.75, 3.05) is 5.75 Å². The fraction of sp³-hybridized carbons (Fsp3) is 1.00. The van der Waals surface area contributed by atoms with Crippen LogP contribution in [0.3, 0.4) is 0 Å². The third kappa shape index (κ3) is 2.54. The number of fused-ring (bicyclic) bond motifs is 5. The van der Waals surface area contributed by atoms with Crippen LogP contribution in [0.4, 0.5) is 0 Å². The lowest BCUT2D eigenvalue weighted by molar-refractivity contribution is -0.203. The largest absolute Gasteiger partial charge is 0.344 e. The molecule has 5 atom stereocenters. The van der Waals surface area contributed by atoms with Crippen LogP contribution in [0, 0.1) is 17.8 Å². The lowest BCUT2D eigenvalue weighted by atomic mass is 9.83. The summed E-state index contributed by atoms with van der Waals surface area (Å²) >= 11 is 0. The Hall–Kier alpha value is -0.170. The van der Waals surface area contributed by atoms with Gasteiger partial charge in [-0.3, -0.25) is 4.55 Å². The van der Waals surface area contributed by atoms with Crippen molar-refractivity contribution in [1.82, 2.24) is 0 Å². The van der Waals surface area contributed by atoms with E-state index in [1.54, 1.807) is 0 Å². The van der Waals surface area contributed by atoms with Gasteiger partial charge in [-0.2, -0.15) is 8.42 Å². The van der Waals surface area contributed by atoms with E-state index in [9.17, 15) is 8.42 Å². The summed E-state index contributed by atoms with van der Waals surface area (Å²) in [6.45, 7) is 0. The van der Waals surface area contributed by atoms with Gasteiger partial charge in [-0.15, -0.1) is 0 Å². The van der Waals surface area contributed by atoms with Gasteiger partial charge in [0.1, 0.15) is 0 Å². The Kier molecular flexibility index (Phi) is 3.37. The van der Waals surface area contributed by atoms with E-state index in [2.05, 4.69) is 0 Å². The highest BCUT2D eigenvalue weighted by Gasteiger charge is 2.61. The molecular weight excluding hydrogens is 292 g/mol. The quantitative estimate of drug-likeness (QED) is 0.809. The van der Waals surface area contributed by atoms with Crippen molar-refractivity contribution in [3.05, 3.63) is 0 Å². The summed E-state index contributed by atoms with van der Waals surface area (Å²) in [7, 11) is -3.85. The van der Waals surface area contributed by atoms with Gasteiger partial charge in [-0.1, -0.05) is 6.42 Å². The van der Waals surface area contributed by atoms with E-state index < -0.39 is 10.1 Å². The minimum Gasteiger partial charge on any atom is -0.344 e. The molecule has 4 rings (SSSR count). The smallest absolute Gasteiger partial charge is 0.264 e. The molecule has 1 heterocycles. The van der Waals surface area contributed by atoms with E-state index in [1.807, 2.05) is 0 Å². The molecule has 0 aromatic rings. The van der Waals surface area contributed by atoms with Gasteiger partial charge in [0.2, 0.25) is 0 Å². The number of ether oxygens (including phenoxy) is 2.